The Labute approximate surface area is 167 Å². The Balaban J connectivity index is 1.91. The summed E-state index contributed by atoms with van der Waals surface area (Å²) < 4.78 is 0. The van der Waals surface area contributed by atoms with E-state index in [1.165, 1.54) is 0 Å². The van der Waals surface area contributed by atoms with E-state index in [1.807, 2.05) is 60.7 Å². The molecule has 0 saturated carbocycles. The average Bonchev–Trinajstić information content (AvgIpc) is 3.06. The van der Waals surface area contributed by atoms with Crippen LogP contribution < -0.4 is 0 Å². The van der Waals surface area contributed by atoms with Gasteiger partial charge in [-0.2, -0.15) is 0 Å². The number of hydrogen-bond donors (Lipinski definition) is 1. The topological polar surface area (TPSA) is 15.8 Å². The maximum atomic E-state index is 6.48. The average molecular weight is 388 g/mol. The zero-order chi connectivity index (χ0) is 18.4. The SMILES string of the molecule is Clc1cc(-c2ccccc2)c2[nH]c3c(-c4ccccc4)cc(Cl)cc3c2c1. The van der Waals surface area contributed by atoms with Crippen molar-refractivity contribution in [2.24, 2.45) is 0 Å². The molecule has 0 spiro atoms. The normalized spacial score (nSPS) is 11.3. The monoisotopic (exact) mass is 387 g/mol. The maximum Gasteiger partial charge on any atom is 0.0545 e. The molecule has 0 bridgehead atoms. The van der Waals surface area contributed by atoms with Crippen LogP contribution in [0.4, 0.5) is 0 Å². The van der Waals surface area contributed by atoms with Crippen LogP contribution in [0.25, 0.3) is 44.1 Å². The van der Waals surface area contributed by atoms with Crippen LogP contribution in [0.15, 0.2) is 84.9 Å². The number of fused-ring (bicyclic) bond motifs is 3. The third kappa shape index (κ3) is 2.80. The van der Waals surface area contributed by atoms with Crippen LogP contribution in [0.1, 0.15) is 0 Å². The lowest BCUT2D eigenvalue weighted by Crippen LogP contribution is -1.81. The molecule has 27 heavy (non-hydrogen) atoms. The number of H-pyrrole nitrogens is 1. The highest BCUT2D eigenvalue weighted by Crippen LogP contribution is 2.40. The molecule has 3 heteroatoms. The molecular formula is C24H15Cl2N. The van der Waals surface area contributed by atoms with Crippen LogP contribution in [0.2, 0.25) is 10.0 Å². The first-order valence-corrected chi connectivity index (χ1v) is 9.51. The summed E-state index contributed by atoms with van der Waals surface area (Å²) in [6.07, 6.45) is 0. The fourth-order valence-electron chi connectivity index (χ4n) is 3.72. The van der Waals surface area contributed by atoms with E-state index in [1.54, 1.807) is 0 Å². The Morgan fingerprint density at radius 2 is 0.926 bits per heavy atom. The summed E-state index contributed by atoms with van der Waals surface area (Å²) in [6.45, 7) is 0. The molecule has 0 aliphatic rings. The molecule has 4 aromatic carbocycles. The van der Waals surface area contributed by atoms with E-state index >= 15 is 0 Å². The van der Waals surface area contributed by atoms with Crippen LogP contribution in [-0.2, 0) is 0 Å². The molecule has 0 saturated heterocycles. The molecule has 5 aromatic rings. The van der Waals surface area contributed by atoms with Gasteiger partial charge in [-0.05, 0) is 35.4 Å². The zero-order valence-electron chi connectivity index (χ0n) is 14.3. The van der Waals surface area contributed by atoms with Crippen molar-refractivity contribution in [2.45, 2.75) is 0 Å². The molecule has 1 heterocycles. The first kappa shape index (κ1) is 16.4. The second-order valence-corrected chi connectivity index (χ2v) is 7.48. The second kappa shape index (κ2) is 6.45. The minimum Gasteiger partial charge on any atom is -0.353 e. The standard InChI is InChI=1S/C24H15Cl2N/c25-17-11-19(15-7-3-1-4-8-15)23-21(13-17)22-14-18(26)12-20(24(22)27-23)16-9-5-2-6-10-16/h1-14,27H. The highest BCUT2D eigenvalue weighted by molar-refractivity contribution is 6.34. The van der Waals surface area contributed by atoms with Gasteiger partial charge >= 0.3 is 0 Å². The van der Waals surface area contributed by atoms with Crippen molar-refractivity contribution in [1.29, 1.82) is 0 Å². The van der Waals surface area contributed by atoms with Crippen molar-refractivity contribution in [3.8, 4) is 22.3 Å². The lowest BCUT2D eigenvalue weighted by molar-refractivity contribution is 1.52. The molecule has 0 fully saturated rings. The van der Waals surface area contributed by atoms with Gasteiger partial charge in [0.25, 0.3) is 0 Å². The number of hydrogen-bond acceptors (Lipinski definition) is 0. The molecule has 0 radical (unpaired) electrons. The largest absolute Gasteiger partial charge is 0.353 e. The number of rotatable bonds is 2. The summed E-state index contributed by atoms with van der Waals surface area (Å²) in [4.78, 5) is 3.65. The molecule has 0 aliphatic carbocycles. The maximum absolute atomic E-state index is 6.48. The summed E-state index contributed by atoms with van der Waals surface area (Å²) >= 11 is 13.0. The van der Waals surface area contributed by atoms with Crippen LogP contribution in [0.3, 0.4) is 0 Å². The molecule has 1 nitrogen and oxygen atoms in total. The summed E-state index contributed by atoms with van der Waals surface area (Å²) in [6, 6.07) is 28.6. The molecule has 1 N–H and O–H groups in total. The van der Waals surface area contributed by atoms with Crippen LogP contribution in [-0.4, -0.2) is 4.98 Å². The van der Waals surface area contributed by atoms with E-state index in [4.69, 9.17) is 23.2 Å². The molecule has 5 rings (SSSR count). The van der Waals surface area contributed by atoms with E-state index in [-0.39, 0.29) is 0 Å². The van der Waals surface area contributed by atoms with Gasteiger partial charge in [-0.15, -0.1) is 0 Å². The molecule has 130 valence electrons. The quantitative estimate of drug-likeness (QED) is 0.316. The zero-order valence-corrected chi connectivity index (χ0v) is 15.9. The number of nitrogens with one attached hydrogen (secondary N) is 1. The Morgan fingerprint density at radius 3 is 1.33 bits per heavy atom. The van der Waals surface area contributed by atoms with Crippen molar-refractivity contribution >= 4 is 45.0 Å². The van der Waals surface area contributed by atoms with Gasteiger partial charge in [0.2, 0.25) is 0 Å². The number of benzene rings is 4. The first-order chi connectivity index (χ1) is 13.2. The Morgan fingerprint density at radius 1 is 0.519 bits per heavy atom. The van der Waals surface area contributed by atoms with Crippen molar-refractivity contribution in [2.75, 3.05) is 0 Å². The summed E-state index contributed by atoms with van der Waals surface area (Å²) in [5.41, 5.74) is 6.57. The van der Waals surface area contributed by atoms with E-state index in [0.717, 1.165) is 44.1 Å². The van der Waals surface area contributed by atoms with Crippen molar-refractivity contribution < 1.29 is 0 Å². The van der Waals surface area contributed by atoms with Gasteiger partial charge in [0.1, 0.15) is 0 Å². The fourth-order valence-corrected chi connectivity index (χ4v) is 4.16. The van der Waals surface area contributed by atoms with E-state index in [9.17, 15) is 0 Å². The third-order valence-electron chi connectivity index (χ3n) is 4.92. The van der Waals surface area contributed by atoms with Crippen molar-refractivity contribution in [1.82, 2.24) is 4.98 Å². The third-order valence-corrected chi connectivity index (χ3v) is 5.35. The van der Waals surface area contributed by atoms with Gasteiger partial charge < -0.3 is 4.98 Å². The van der Waals surface area contributed by atoms with Gasteiger partial charge in [-0.25, -0.2) is 0 Å². The van der Waals surface area contributed by atoms with E-state index in [0.29, 0.717) is 10.0 Å². The molecule has 0 unspecified atom stereocenters. The predicted molar refractivity (Wildman–Crippen MR) is 117 cm³/mol. The second-order valence-electron chi connectivity index (χ2n) is 6.61. The highest BCUT2D eigenvalue weighted by Gasteiger charge is 2.15. The lowest BCUT2D eigenvalue weighted by Gasteiger charge is -2.05. The van der Waals surface area contributed by atoms with Crippen molar-refractivity contribution in [3.05, 3.63) is 95.0 Å². The fraction of sp³-hybridized carbons (Fsp3) is 0. The highest BCUT2D eigenvalue weighted by atomic mass is 35.5. The molecule has 1 aromatic heterocycles. The minimum absolute atomic E-state index is 0.712. The molecule has 0 amide bonds. The Bertz CT molecular complexity index is 1170. The number of aromatic nitrogens is 1. The first-order valence-electron chi connectivity index (χ1n) is 8.76. The van der Waals surface area contributed by atoms with Gasteiger partial charge in [-0.3, -0.25) is 0 Å². The molecule has 0 aliphatic heterocycles. The van der Waals surface area contributed by atoms with Gasteiger partial charge in [0, 0.05) is 31.9 Å². The smallest absolute Gasteiger partial charge is 0.0545 e. The Kier molecular flexibility index (Phi) is 3.93. The van der Waals surface area contributed by atoms with Gasteiger partial charge in [-0.1, -0.05) is 83.9 Å². The van der Waals surface area contributed by atoms with Crippen LogP contribution in [0.5, 0.6) is 0 Å². The van der Waals surface area contributed by atoms with Crippen LogP contribution >= 0.6 is 23.2 Å². The summed E-state index contributed by atoms with van der Waals surface area (Å²) in [7, 11) is 0. The Hall–Kier alpha value is -2.74. The van der Waals surface area contributed by atoms with Crippen molar-refractivity contribution in [3.63, 3.8) is 0 Å². The van der Waals surface area contributed by atoms with E-state index in [2.05, 4.69) is 29.2 Å². The lowest BCUT2D eigenvalue weighted by atomic mass is 10.0. The van der Waals surface area contributed by atoms with E-state index < -0.39 is 0 Å². The van der Waals surface area contributed by atoms with Gasteiger partial charge in [0.05, 0.1) is 11.0 Å². The molecule has 0 atom stereocenters. The minimum atomic E-state index is 0.712. The summed E-state index contributed by atoms with van der Waals surface area (Å²) in [5, 5.41) is 3.58. The summed E-state index contributed by atoms with van der Waals surface area (Å²) in [5.74, 6) is 0. The molecular weight excluding hydrogens is 373 g/mol. The number of aromatic amines is 1. The van der Waals surface area contributed by atoms with Crippen LogP contribution in [0, 0.1) is 0 Å². The van der Waals surface area contributed by atoms with Gasteiger partial charge in [0.15, 0.2) is 0 Å². The predicted octanol–water partition coefficient (Wildman–Crippen LogP) is 7.96. The number of halogens is 2.